The maximum Gasteiger partial charge on any atom is 0.251 e. The van der Waals surface area contributed by atoms with Crippen molar-refractivity contribution < 1.29 is 19.1 Å². The van der Waals surface area contributed by atoms with E-state index in [1.54, 1.807) is 49.7 Å². The Morgan fingerprint density at radius 3 is 2.42 bits per heavy atom. The number of rotatable bonds is 10. The normalized spacial score (nSPS) is 12.3. The number of hydrogen-bond acceptors (Lipinski definition) is 5. The van der Waals surface area contributed by atoms with Crippen LogP contribution in [0.4, 0.5) is 0 Å². The minimum absolute atomic E-state index is 0.0190. The fourth-order valence-electron chi connectivity index (χ4n) is 3.18. The molecule has 2 unspecified atom stereocenters. The Labute approximate surface area is 194 Å². The van der Waals surface area contributed by atoms with Gasteiger partial charge in [0.2, 0.25) is 11.8 Å². The van der Waals surface area contributed by atoms with Gasteiger partial charge in [0, 0.05) is 30.4 Å². The molecular formula is C26H29N3O4. The van der Waals surface area contributed by atoms with Crippen LogP contribution in [0.1, 0.15) is 36.2 Å². The topological polar surface area (TPSA) is 89.6 Å². The summed E-state index contributed by atoms with van der Waals surface area (Å²) >= 11 is 0. The molecule has 33 heavy (non-hydrogen) atoms. The second kappa shape index (κ2) is 11.7. The lowest BCUT2D eigenvalue weighted by Gasteiger charge is -2.23. The van der Waals surface area contributed by atoms with Gasteiger partial charge in [-0.1, -0.05) is 50.6 Å². The lowest BCUT2D eigenvalue weighted by molar-refractivity contribution is -0.124. The molecule has 1 aromatic heterocycles. The summed E-state index contributed by atoms with van der Waals surface area (Å²) in [5.41, 5.74) is 1.34. The average Bonchev–Trinajstić information content (AvgIpc) is 2.86. The minimum atomic E-state index is -0.633. The molecule has 0 spiro atoms. The van der Waals surface area contributed by atoms with Crippen molar-refractivity contribution in [3.8, 4) is 17.4 Å². The second-order valence-electron chi connectivity index (χ2n) is 7.71. The van der Waals surface area contributed by atoms with Crippen molar-refractivity contribution in [1.29, 1.82) is 0 Å². The van der Waals surface area contributed by atoms with E-state index < -0.39 is 6.04 Å². The van der Waals surface area contributed by atoms with Gasteiger partial charge in [-0.15, -0.1) is 0 Å². The van der Waals surface area contributed by atoms with E-state index in [1.165, 1.54) is 0 Å². The van der Waals surface area contributed by atoms with E-state index in [0.29, 0.717) is 29.5 Å². The Morgan fingerprint density at radius 1 is 1.00 bits per heavy atom. The number of carbonyl (C=O) groups is 2. The van der Waals surface area contributed by atoms with E-state index in [-0.39, 0.29) is 17.7 Å². The summed E-state index contributed by atoms with van der Waals surface area (Å²) in [6, 6.07) is 19.1. The van der Waals surface area contributed by atoms with Crippen LogP contribution in [-0.4, -0.2) is 29.9 Å². The molecule has 7 heteroatoms. The standard InChI is InChI=1S/C26H29N3O4/c1-4-18(2)24(29-25(30)20-9-6-5-7-10-20)26(31)28-17-19-13-14-23(27-16-19)33-22-12-8-11-21(15-22)32-3/h5-16,18,24H,4,17H2,1-3H3,(H,28,31)(H,29,30). The number of methoxy groups -OCH3 is 1. The summed E-state index contributed by atoms with van der Waals surface area (Å²) in [6.45, 7) is 4.23. The molecule has 0 aliphatic rings. The molecule has 2 amide bonds. The zero-order valence-corrected chi connectivity index (χ0v) is 19.1. The van der Waals surface area contributed by atoms with Gasteiger partial charge in [0.25, 0.3) is 5.91 Å². The predicted molar refractivity (Wildman–Crippen MR) is 126 cm³/mol. The number of carbonyl (C=O) groups excluding carboxylic acids is 2. The molecule has 0 saturated carbocycles. The van der Waals surface area contributed by atoms with Crippen LogP contribution < -0.4 is 20.1 Å². The maximum atomic E-state index is 12.9. The summed E-state index contributed by atoms with van der Waals surface area (Å²) in [5.74, 6) is 1.23. The van der Waals surface area contributed by atoms with E-state index in [4.69, 9.17) is 9.47 Å². The zero-order chi connectivity index (χ0) is 23.6. The number of amides is 2. The highest BCUT2D eigenvalue weighted by Gasteiger charge is 2.26. The van der Waals surface area contributed by atoms with Gasteiger partial charge >= 0.3 is 0 Å². The van der Waals surface area contributed by atoms with E-state index in [2.05, 4.69) is 15.6 Å². The molecule has 2 N–H and O–H groups in total. The Balaban J connectivity index is 1.58. The summed E-state index contributed by atoms with van der Waals surface area (Å²) in [5, 5.41) is 5.77. The van der Waals surface area contributed by atoms with Gasteiger partial charge < -0.3 is 20.1 Å². The van der Waals surface area contributed by atoms with Crippen LogP contribution in [0.25, 0.3) is 0 Å². The van der Waals surface area contributed by atoms with Crippen LogP contribution in [0.3, 0.4) is 0 Å². The summed E-state index contributed by atoms with van der Waals surface area (Å²) < 4.78 is 10.9. The van der Waals surface area contributed by atoms with Gasteiger partial charge in [0.1, 0.15) is 17.5 Å². The van der Waals surface area contributed by atoms with Gasteiger partial charge in [0.05, 0.1) is 7.11 Å². The number of aromatic nitrogens is 1. The molecular weight excluding hydrogens is 418 g/mol. The highest BCUT2D eigenvalue weighted by molar-refractivity contribution is 5.97. The number of ether oxygens (including phenoxy) is 2. The molecule has 2 atom stereocenters. The van der Waals surface area contributed by atoms with Crippen molar-refractivity contribution in [1.82, 2.24) is 15.6 Å². The fourth-order valence-corrected chi connectivity index (χ4v) is 3.18. The number of benzene rings is 2. The Kier molecular flexibility index (Phi) is 8.41. The smallest absolute Gasteiger partial charge is 0.251 e. The Bertz CT molecular complexity index is 1050. The van der Waals surface area contributed by atoms with Crippen molar-refractivity contribution in [3.05, 3.63) is 84.1 Å². The van der Waals surface area contributed by atoms with Crippen molar-refractivity contribution in [3.63, 3.8) is 0 Å². The molecule has 0 bridgehead atoms. The zero-order valence-electron chi connectivity index (χ0n) is 19.1. The highest BCUT2D eigenvalue weighted by atomic mass is 16.5. The fraction of sp³-hybridized carbons (Fsp3) is 0.269. The van der Waals surface area contributed by atoms with Crippen LogP contribution >= 0.6 is 0 Å². The van der Waals surface area contributed by atoms with Crippen molar-refractivity contribution in [2.75, 3.05) is 7.11 Å². The SMILES string of the molecule is CCC(C)C(NC(=O)c1ccccc1)C(=O)NCc1ccc(Oc2cccc(OC)c2)nc1. The minimum Gasteiger partial charge on any atom is -0.497 e. The monoisotopic (exact) mass is 447 g/mol. The van der Waals surface area contributed by atoms with Crippen molar-refractivity contribution in [2.24, 2.45) is 5.92 Å². The summed E-state index contributed by atoms with van der Waals surface area (Å²) in [7, 11) is 1.60. The second-order valence-corrected chi connectivity index (χ2v) is 7.71. The average molecular weight is 448 g/mol. The summed E-state index contributed by atoms with van der Waals surface area (Å²) in [6.07, 6.45) is 2.40. The molecule has 0 radical (unpaired) electrons. The molecule has 3 rings (SSSR count). The first-order chi connectivity index (χ1) is 16.0. The first kappa shape index (κ1) is 23.8. The molecule has 172 valence electrons. The number of pyridine rings is 1. The maximum absolute atomic E-state index is 12.9. The van der Waals surface area contributed by atoms with Crippen LogP contribution in [0, 0.1) is 5.92 Å². The molecule has 0 aliphatic carbocycles. The highest BCUT2D eigenvalue weighted by Crippen LogP contribution is 2.23. The summed E-state index contributed by atoms with van der Waals surface area (Å²) in [4.78, 5) is 29.7. The lowest BCUT2D eigenvalue weighted by atomic mass is 9.97. The van der Waals surface area contributed by atoms with Crippen LogP contribution in [0.15, 0.2) is 72.9 Å². The molecule has 1 heterocycles. The molecule has 0 saturated heterocycles. The predicted octanol–water partition coefficient (Wildman–Crippen LogP) is 4.34. The van der Waals surface area contributed by atoms with E-state index in [9.17, 15) is 9.59 Å². The molecule has 0 aliphatic heterocycles. The molecule has 2 aromatic carbocycles. The molecule has 7 nitrogen and oxygen atoms in total. The lowest BCUT2D eigenvalue weighted by Crippen LogP contribution is -2.50. The third kappa shape index (κ3) is 6.80. The van der Waals surface area contributed by atoms with Gasteiger partial charge in [-0.3, -0.25) is 9.59 Å². The number of nitrogens with one attached hydrogen (secondary N) is 2. The van der Waals surface area contributed by atoms with Gasteiger partial charge in [-0.05, 0) is 35.7 Å². The van der Waals surface area contributed by atoms with Gasteiger partial charge in [-0.2, -0.15) is 0 Å². The third-order valence-electron chi connectivity index (χ3n) is 5.35. The van der Waals surface area contributed by atoms with Gasteiger partial charge in [0.15, 0.2) is 0 Å². The molecule has 3 aromatic rings. The Morgan fingerprint density at radius 2 is 1.76 bits per heavy atom. The van der Waals surface area contributed by atoms with Gasteiger partial charge in [-0.25, -0.2) is 4.98 Å². The first-order valence-corrected chi connectivity index (χ1v) is 10.9. The number of nitrogens with zero attached hydrogens (tertiary/aromatic N) is 1. The van der Waals surface area contributed by atoms with Crippen molar-refractivity contribution in [2.45, 2.75) is 32.9 Å². The van der Waals surface area contributed by atoms with Crippen molar-refractivity contribution >= 4 is 11.8 Å². The van der Waals surface area contributed by atoms with Crippen LogP contribution in [0.2, 0.25) is 0 Å². The van der Waals surface area contributed by atoms with E-state index in [1.807, 2.05) is 44.2 Å². The van der Waals surface area contributed by atoms with Crippen LogP contribution in [-0.2, 0) is 11.3 Å². The molecule has 0 fully saturated rings. The van der Waals surface area contributed by atoms with E-state index >= 15 is 0 Å². The van der Waals surface area contributed by atoms with E-state index in [0.717, 1.165) is 12.0 Å². The third-order valence-corrected chi connectivity index (χ3v) is 5.35. The van der Waals surface area contributed by atoms with Crippen LogP contribution in [0.5, 0.6) is 17.4 Å². The Hall–Kier alpha value is -3.87. The number of hydrogen-bond donors (Lipinski definition) is 2. The quantitative estimate of drug-likeness (QED) is 0.483. The largest absolute Gasteiger partial charge is 0.497 e. The first-order valence-electron chi connectivity index (χ1n) is 10.9.